The molecule has 4 heteroatoms. The topological polar surface area (TPSA) is 77.0 Å². The number of nitrogens with one attached hydrogen (secondary N) is 1. The molecule has 0 saturated carbocycles. The van der Waals surface area contributed by atoms with Crippen LogP contribution >= 0.6 is 0 Å². The highest BCUT2D eigenvalue weighted by atomic mass is 15.0. The number of pyridine rings is 1. The van der Waals surface area contributed by atoms with Gasteiger partial charge in [-0.2, -0.15) is 0 Å². The lowest BCUT2D eigenvalue weighted by molar-refractivity contribution is 0.890. The predicted octanol–water partition coefficient (Wildman–Crippen LogP) is 1.07. The Labute approximate surface area is 72.0 Å². The van der Waals surface area contributed by atoms with Crippen LogP contribution in [0.2, 0.25) is 0 Å². The number of nitrogen functional groups attached to an aromatic ring is 2. The van der Waals surface area contributed by atoms with Gasteiger partial charge < -0.3 is 16.8 Å². The van der Waals surface area contributed by atoms with Gasteiger partial charge in [0.2, 0.25) is 0 Å². The van der Waals surface area contributed by atoms with Gasteiger partial charge in [-0.05, 0) is 19.9 Å². The second-order valence-corrected chi connectivity index (χ2v) is 2.96. The van der Waals surface area contributed by atoms with Crippen molar-refractivity contribution < 1.29 is 0 Å². The third kappa shape index (κ3) is 1.78. The van der Waals surface area contributed by atoms with E-state index in [9.17, 15) is 0 Å². The van der Waals surface area contributed by atoms with Crippen molar-refractivity contribution >= 4 is 17.2 Å². The zero-order valence-electron chi connectivity index (χ0n) is 7.33. The van der Waals surface area contributed by atoms with E-state index >= 15 is 0 Å². The van der Waals surface area contributed by atoms with Gasteiger partial charge in [-0.1, -0.05) is 0 Å². The number of nitrogens with zero attached hydrogens (tertiary/aromatic N) is 1. The molecule has 1 aromatic heterocycles. The molecule has 0 amide bonds. The molecule has 4 nitrogen and oxygen atoms in total. The number of hydrogen-bond donors (Lipinski definition) is 3. The van der Waals surface area contributed by atoms with Gasteiger partial charge in [0.25, 0.3) is 0 Å². The van der Waals surface area contributed by atoms with Crippen molar-refractivity contribution in [2.24, 2.45) is 0 Å². The summed E-state index contributed by atoms with van der Waals surface area (Å²) in [5.74, 6) is 0.657. The monoisotopic (exact) mass is 166 g/mol. The number of rotatable bonds is 2. The SMILES string of the molecule is CC(C)Nc1nccc(N)c1N. The Kier molecular flexibility index (Phi) is 2.38. The molecule has 0 saturated heterocycles. The molecule has 0 aromatic carbocycles. The molecule has 0 bridgehead atoms. The summed E-state index contributed by atoms with van der Waals surface area (Å²) < 4.78 is 0. The molecule has 0 atom stereocenters. The van der Waals surface area contributed by atoms with E-state index in [0.717, 1.165) is 0 Å². The van der Waals surface area contributed by atoms with E-state index in [-0.39, 0.29) is 0 Å². The summed E-state index contributed by atoms with van der Waals surface area (Å²) in [5, 5.41) is 3.10. The normalized spacial score (nSPS) is 10.2. The predicted molar refractivity (Wildman–Crippen MR) is 51.8 cm³/mol. The first-order chi connectivity index (χ1) is 5.61. The highest BCUT2D eigenvalue weighted by molar-refractivity contribution is 5.75. The molecule has 1 aromatic rings. The van der Waals surface area contributed by atoms with Gasteiger partial charge >= 0.3 is 0 Å². The standard InChI is InChI=1S/C8H14N4/c1-5(2)12-8-7(10)6(9)3-4-11-8/h3-5H,10H2,1-2H3,(H3,9,11,12). The van der Waals surface area contributed by atoms with Gasteiger partial charge in [0.1, 0.15) is 0 Å². The number of aromatic nitrogens is 1. The molecule has 12 heavy (non-hydrogen) atoms. The fraction of sp³-hybridized carbons (Fsp3) is 0.375. The van der Waals surface area contributed by atoms with Crippen LogP contribution in [0.15, 0.2) is 12.3 Å². The molecule has 0 aliphatic carbocycles. The van der Waals surface area contributed by atoms with Gasteiger partial charge in [0.15, 0.2) is 5.82 Å². The van der Waals surface area contributed by atoms with Gasteiger partial charge in [0, 0.05) is 12.2 Å². The highest BCUT2D eigenvalue weighted by Crippen LogP contribution is 2.21. The van der Waals surface area contributed by atoms with E-state index in [4.69, 9.17) is 11.5 Å². The van der Waals surface area contributed by atoms with Crippen LogP contribution in [0.3, 0.4) is 0 Å². The van der Waals surface area contributed by atoms with Crippen molar-refractivity contribution in [3.63, 3.8) is 0 Å². The maximum Gasteiger partial charge on any atom is 0.151 e. The second kappa shape index (κ2) is 3.30. The summed E-state index contributed by atoms with van der Waals surface area (Å²) >= 11 is 0. The first-order valence-corrected chi connectivity index (χ1v) is 3.87. The molecule has 0 unspecified atom stereocenters. The average molecular weight is 166 g/mol. The van der Waals surface area contributed by atoms with Crippen LogP contribution in [-0.2, 0) is 0 Å². The molecule has 1 rings (SSSR count). The Balaban J connectivity index is 2.92. The van der Waals surface area contributed by atoms with Crippen LogP contribution in [0.25, 0.3) is 0 Å². The summed E-state index contributed by atoms with van der Waals surface area (Å²) in [7, 11) is 0. The minimum absolute atomic E-state index is 0.307. The maximum absolute atomic E-state index is 5.68. The lowest BCUT2D eigenvalue weighted by Crippen LogP contribution is -2.13. The molecule has 0 aliphatic heterocycles. The summed E-state index contributed by atoms with van der Waals surface area (Å²) in [4.78, 5) is 4.06. The van der Waals surface area contributed by atoms with Gasteiger partial charge in [-0.25, -0.2) is 4.98 Å². The van der Waals surface area contributed by atoms with E-state index in [1.165, 1.54) is 0 Å². The zero-order chi connectivity index (χ0) is 9.14. The van der Waals surface area contributed by atoms with Crippen molar-refractivity contribution in [1.29, 1.82) is 0 Å². The van der Waals surface area contributed by atoms with Crippen molar-refractivity contribution in [3.8, 4) is 0 Å². The first kappa shape index (κ1) is 8.64. The van der Waals surface area contributed by atoms with E-state index in [2.05, 4.69) is 10.3 Å². The third-order valence-electron chi connectivity index (χ3n) is 1.45. The van der Waals surface area contributed by atoms with Crippen molar-refractivity contribution in [2.45, 2.75) is 19.9 Å². The number of nitrogens with two attached hydrogens (primary N) is 2. The minimum Gasteiger partial charge on any atom is -0.397 e. The fourth-order valence-corrected chi connectivity index (χ4v) is 0.877. The van der Waals surface area contributed by atoms with E-state index in [1.807, 2.05) is 13.8 Å². The van der Waals surface area contributed by atoms with Gasteiger partial charge in [0.05, 0.1) is 11.4 Å². The lowest BCUT2D eigenvalue weighted by Gasteiger charge is -2.11. The second-order valence-electron chi connectivity index (χ2n) is 2.96. The number of anilines is 3. The van der Waals surface area contributed by atoms with Crippen molar-refractivity contribution in [1.82, 2.24) is 4.98 Å². The molecule has 66 valence electrons. The smallest absolute Gasteiger partial charge is 0.151 e. The summed E-state index contributed by atoms with van der Waals surface area (Å²) in [6.45, 7) is 4.04. The summed E-state index contributed by atoms with van der Waals surface area (Å²) in [5.41, 5.74) is 12.4. The first-order valence-electron chi connectivity index (χ1n) is 3.87. The number of hydrogen-bond acceptors (Lipinski definition) is 4. The Morgan fingerprint density at radius 3 is 2.67 bits per heavy atom. The largest absolute Gasteiger partial charge is 0.397 e. The Morgan fingerprint density at radius 2 is 2.08 bits per heavy atom. The van der Waals surface area contributed by atoms with Crippen LogP contribution in [0.4, 0.5) is 17.2 Å². The minimum atomic E-state index is 0.307. The van der Waals surface area contributed by atoms with Crippen LogP contribution in [0.1, 0.15) is 13.8 Å². The summed E-state index contributed by atoms with van der Waals surface area (Å²) in [6.07, 6.45) is 1.64. The lowest BCUT2D eigenvalue weighted by atomic mass is 10.3. The van der Waals surface area contributed by atoms with Crippen LogP contribution in [-0.4, -0.2) is 11.0 Å². The molecule has 0 aliphatic rings. The summed E-state index contributed by atoms with van der Waals surface area (Å²) in [6, 6.07) is 1.99. The molecule has 1 heterocycles. The van der Waals surface area contributed by atoms with E-state index < -0.39 is 0 Å². The van der Waals surface area contributed by atoms with Crippen LogP contribution in [0, 0.1) is 0 Å². The van der Waals surface area contributed by atoms with Crippen molar-refractivity contribution in [3.05, 3.63) is 12.3 Å². The molecule has 0 radical (unpaired) electrons. The zero-order valence-corrected chi connectivity index (χ0v) is 7.33. The van der Waals surface area contributed by atoms with Gasteiger partial charge in [-0.15, -0.1) is 0 Å². The average Bonchev–Trinajstić information content (AvgIpc) is 1.98. The highest BCUT2D eigenvalue weighted by Gasteiger charge is 2.03. The van der Waals surface area contributed by atoms with Crippen LogP contribution in [0.5, 0.6) is 0 Å². The van der Waals surface area contributed by atoms with Crippen LogP contribution < -0.4 is 16.8 Å². The molecule has 5 N–H and O–H groups in total. The maximum atomic E-state index is 5.68. The Bertz CT molecular complexity index is 270. The third-order valence-corrected chi connectivity index (χ3v) is 1.45. The van der Waals surface area contributed by atoms with E-state index in [0.29, 0.717) is 23.2 Å². The molecule has 0 fully saturated rings. The molecular weight excluding hydrogens is 152 g/mol. The molecule has 0 spiro atoms. The quantitative estimate of drug-likeness (QED) is 0.614. The molecular formula is C8H14N4. The van der Waals surface area contributed by atoms with Crippen molar-refractivity contribution in [2.75, 3.05) is 16.8 Å². The van der Waals surface area contributed by atoms with E-state index in [1.54, 1.807) is 12.3 Å². The van der Waals surface area contributed by atoms with Gasteiger partial charge in [-0.3, -0.25) is 0 Å². The Morgan fingerprint density at radius 1 is 1.42 bits per heavy atom. The fourth-order valence-electron chi connectivity index (χ4n) is 0.877. The Hall–Kier alpha value is -1.45.